The lowest BCUT2D eigenvalue weighted by Gasteiger charge is -2.40. The summed E-state index contributed by atoms with van der Waals surface area (Å²) in [5, 5.41) is 0. The molecule has 0 aliphatic rings. The normalized spacial score (nSPS) is 13.5. The number of aromatic nitrogens is 3. The van der Waals surface area contributed by atoms with Crippen molar-refractivity contribution in [1.82, 2.24) is 15.0 Å². The van der Waals surface area contributed by atoms with Crippen molar-refractivity contribution in [3.05, 3.63) is 162 Å². The Balaban J connectivity index is 1.61. The summed E-state index contributed by atoms with van der Waals surface area (Å²) in [6, 6.07) is 28.5. The molecule has 15 nitrogen and oxygen atoms in total. The van der Waals surface area contributed by atoms with Crippen LogP contribution in [0, 0.1) is 0 Å². The van der Waals surface area contributed by atoms with Gasteiger partial charge in [-0.1, -0.05) is 26.8 Å². The molecule has 3 heterocycles. The molecule has 0 bridgehead atoms. The van der Waals surface area contributed by atoms with Gasteiger partial charge in [0.1, 0.15) is 0 Å². The fourth-order valence-electron chi connectivity index (χ4n) is 9.41. The molecule has 0 aliphatic heterocycles. The molecule has 0 saturated heterocycles. The van der Waals surface area contributed by atoms with Crippen molar-refractivity contribution >= 4 is 0 Å². The van der Waals surface area contributed by atoms with Crippen molar-refractivity contribution in [2.24, 2.45) is 0 Å². The average molecular weight is 982 g/mol. The number of ether oxygens (including phenoxy) is 12. The van der Waals surface area contributed by atoms with Gasteiger partial charge >= 0.3 is 0 Å². The fourth-order valence-corrected chi connectivity index (χ4v) is 9.41. The van der Waals surface area contributed by atoms with Crippen LogP contribution < -0.4 is 56.8 Å². The van der Waals surface area contributed by atoms with Gasteiger partial charge in [-0.15, -0.1) is 0 Å². The summed E-state index contributed by atoms with van der Waals surface area (Å²) >= 11 is 0. The van der Waals surface area contributed by atoms with E-state index in [1.807, 2.05) is 112 Å². The molecule has 3 atom stereocenters. The number of hydrogen-bond donors (Lipinski definition) is 0. The van der Waals surface area contributed by atoms with Crippen LogP contribution in [0.2, 0.25) is 0 Å². The molecule has 7 aromatic rings. The van der Waals surface area contributed by atoms with Gasteiger partial charge in [0.2, 0.25) is 23.0 Å². The van der Waals surface area contributed by atoms with Crippen molar-refractivity contribution in [3.8, 4) is 69.0 Å². The SMILES string of the molecule is CCC(Oc1cccc(OC(CC)(c2ccncc2)c2cc(OC)c(OC)c(OC)c2)c1OC(CC)(c1ccncc1)c1cc(OC)c(OC)c(OC)c1)(c1ccncc1)c1cc(OC)c(OC)c(OC)c1. The third kappa shape index (κ3) is 9.46. The first-order valence-corrected chi connectivity index (χ1v) is 23.4. The van der Waals surface area contributed by atoms with E-state index in [2.05, 4.69) is 15.0 Å². The van der Waals surface area contributed by atoms with Crippen LogP contribution in [0.1, 0.15) is 73.4 Å². The Kier molecular flexibility index (Phi) is 16.4. The summed E-state index contributed by atoms with van der Waals surface area (Å²) in [6.07, 6.45) is 11.6. The highest BCUT2D eigenvalue weighted by atomic mass is 16.6. The average Bonchev–Trinajstić information content (AvgIpc) is 3.44. The van der Waals surface area contributed by atoms with Gasteiger partial charge in [0.15, 0.2) is 62.8 Å². The number of nitrogens with zero attached hydrogens (tertiary/aromatic N) is 3. The van der Waals surface area contributed by atoms with Crippen molar-refractivity contribution in [1.29, 1.82) is 0 Å². The molecule has 378 valence electrons. The Morgan fingerprint density at radius 1 is 0.292 bits per heavy atom. The van der Waals surface area contributed by atoms with Gasteiger partial charge in [-0.2, -0.15) is 0 Å². The Morgan fingerprint density at radius 3 is 0.764 bits per heavy atom. The number of methoxy groups -OCH3 is 9. The minimum atomic E-state index is -1.32. The van der Waals surface area contributed by atoms with E-state index < -0.39 is 16.8 Å². The summed E-state index contributed by atoms with van der Waals surface area (Å²) in [5.41, 5.74) is 0.560. The molecular weight excluding hydrogens is 919 g/mol. The van der Waals surface area contributed by atoms with Crippen LogP contribution in [0.3, 0.4) is 0 Å². The molecule has 3 unspecified atom stereocenters. The van der Waals surface area contributed by atoms with E-state index in [1.165, 1.54) is 0 Å². The maximum absolute atomic E-state index is 7.84. The Labute approximate surface area is 421 Å². The van der Waals surface area contributed by atoms with Crippen LogP contribution in [-0.2, 0) is 16.8 Å². The monoisotopic (exact) mass is 981 g/mol. The lowest BCUT2D eigenvalue weighted by atomic mass is 9.83. The molecule has 15 heteroatoms. The largest absolute Gasteiger partial charge is 0.493 e. The summed E-state index contributed by atoms with van der Waals surface area (Å²) in [5.74, 6) is 4.80. The third-order valence-corrected chi connectivity index (χ3v) is 13.1. The predicted molar refractivity (Wildman–Crippen MR) is 273 cm³/mol. The molecule has 4 aromatic carbocycles. The Hall–Kier alpha value is -8.07. The molecule has 0 amide bonds. The highest BCUT2D eigenvalue weighted by Gasteiger charge is 2.44. The first-order valence-electron chi connectivity index (χ1n) is 23.4. The smallest absolute Gasteiger partial charge is 0.205 e. The lowest BCUT2D eigenvalue weighted by Crippen LogP contribution is -2.38. The third-order valence-electron chi connectivity index (χ3n) is 13.1. The lowest BCUT2D eigenvalue weighted by molar-refractivity contribution is 0.0553. The summed E-state index contributed by atoms with van der Waals surface area (Å²) in [4.78, 5) is 13.2. The summed E-state index contributed by atoms with van der Waals surface area (Å²) in [7, 11) is 14.2. The first-order chi connectivity index (χ1) is 35.1. The zero-order chi connectivity index (χ0) is 51.5. The van der Waals surface area contributed by atoms with E-state index in [0.717, 1.165) is 16.7 Å². The second-order valence-electron chi connectivity index (χ2n) is 16.4. The standard InChI is InChI=1S/C57H63N3O12/c1-13-55(37-19-25-58-26-20-37,40-31-45(61-4)51(67-10)46(32-40)62-5)70-43-17-16-18-44(71-56(14-2,38-21-27-59-28-22-38)41-33-47(63-6)52(68-11)48(34-41)64-7)54(43)72-57(15-3,39-23-29-60-30-24-39)42-35-49(65-8)53(69-12)50(36-42)66-9/h16-36H,13-15H2,1-12H3. The quantitative estimate of drug-likeness (QED) is 0.0565. The van der Waals surface area contributed by atoms with Crippen LogP contribution in [0.4, 0.5) is 0 Å². The maximum atomic E-state index is 7.84. The number of hydrogen-bond acceptors (Lipinski definition) is 15. The van der Waals surface area contributed by atoms with E-state index in [0.29, 0.717) is 99.2 Å². The molecule has 3 aromatic heterocycles. The van der Waals surface area contributed by atoms with Crippen LogP contribution in [-0.4, -0.2) is 78.9 Å². The second kappa shape index (κ2) is 22.8. The highest BCUT2D eigenvalue weighted by Crippen LogP contribution is 2.55. The molecule has 7 rings (SSSR count). The van der Waals surface area contributed by atoms with Crippen LogP contribution in [0.5, 0.6) is 69.0 Å². The Bertz CT molecular complexity index is 2700. The van der Waals surface area contributed by atoms with Crippen molar-refractivity contribution in [3.63, 3.8) is 0 Å². The molecule has 0 spiro atoms. The van der Waals surface area contributed by atoms with E-state index in [4.69, 9.17) is 56.8 Å². The number of rotatable bonds is 24. The maximum Gasteiger partial charge on any atom is 0.205 e. The zero-order valence-corrected chi connectivity index (χ0v) is 43.0. The predicted octanol–water partition coefficient (Wildman–Crippen LogP) is 11.1. The minimum absolute atomic E-state index is 0.253. The molecule has 0 aliphatic carbocycles. The number of para-hydroxylation sites is 1. The summed E-state index contributed by atoms with van der Waals surface area (Å²) < 4.78 is 76.3. The summed E-state index contributed by atoms with van der Waals surface area (Å²) in [6.45, 7) is 6.13. The molecule has 0 fully saturated rings. The second-order valence-corrected chi connectivity index (χ2v) is 16.4. The first kappa shape index (κ1) is 51.8. The molecular formula is C57H63N3O12. The van der Waals surface area contributed by atoms with E-state index in [1.54, 1.807) is 101 Å². The van der Waals surface area contributed by atoms with Crippen LogP contribution in [0.15, 0.2) is 128 Å². The van der Waals surface area contributed by atoms with Crippen molar-refractivity contribution in [2.75, 3.05) is 64.0 Å². The Morgan fingerprint density at radius 2 is 0.542 bits per heavy atom. The van der Waals surface area contributed by atoms with E-state index in [9.17, 15) is 0 Å². The number of pyridine rings is 3. The molecule has 0 radical (unpaired) electrons. The van der Waals surface area contributed by atoms with Crippen LogP contribution in [0.25, 0.3) is 0 Å². The molecule has 72 heavy (non-hydrogen) atoms. The molecule has 0 N–H and O–H groups in total. The van der Waals surface area contributed by atoms with Gasteiger partial charge in [-0.25, -0.2) is 0 Å². The number of benzene rings is 4. The van der Waals surface area contributed by atoms with Crippen LogP contribution >= 0.6 is 0 Å². The van der Waals surface area contributed by atoms with Gasteiger partial charge in [0.25, 0.3) is 0 Å². The van der Waals surface area contributed by atoms with E-state index >= 15 is 0 Å². The fraction of sp³-hybridized carbons (Fsp3) is 0.316. The van der Waals surface area contributed by atoms with Gasteiger partial charge in [-0.3, -0.25) is 15.0 Å². The van der Waals surface area contributed by atoms with Gasteiger partial charge in [0, 0.05) is 70.6 Å². The topological polar surface area (TPSA) is 149 Å². The van der Waals surface area contributed by atoms with Gasteiger partial charge < -0.3 is 56.8 Å². The van der Waals surface area contributed by atoms with Crippen molar-refractivity contribution < 1.29 is 56.8 Å². The van der Waals surface area contributed by atoms with Crippen molar-refractivity contribution in [2.45, 2.75) is 56.8 Å². The molecule has 0 saturated carbocycles. The van der Waals surface area contributed by atoms with Gasteiger partial charge in [0.05, 0.1) is 64.0 Å². The van der Waals surface area contributed by atoms with E-state index in [-0.39, 0.29) is 5.75 Å². The minimum Gasteiger partial charge on any atom is -0.493 e. The highest BCUT2D eigenvalue weighted by molar-refractivity contribution is 5.62. The zero-order valence-electron chi connectivity index (χ0n) is 43.0. The van der Waals surface area contributed by atoms with Gasteiger partial charge in [-0.05, 0) is 104 Å².